The van der Waals surface area contributed by atoms with E-state index in [0.29, 0.717) is 6.54 Å². The molecule has 0 aliphatic carbocycles. The van der Waals surface area contributed by atoms with Crippen LogP contribution in [0.1, 0.15) is 10.4 Å². The number of hydrogen-bond acceptors (Lipinski definition) is 3. The number of nitrogens with one attached hydrogen (secondary N) is 4. The molecule has 76 valence electrons. The van der Waals surface area contributed by atoms with E-state index in [4.69, 9.17) is 16.6 Å². The van der Waals surface area contributed by atoms with E-state index in [2.05, 4.69) is 10.6 Å². The first-order chi connectivity index (χ1) is 6.59. The fourth-order valence-electron chi connectivity index (χ4n) is 0.957. The highest BCUT2D eigenvalue weighted by molar-refractivity contribution is 7.10. The van der Waals surface area contributed by atoms with Gasteiger partial charge in [0.15, 0.2) is 11.9 Å². The van der Waals surface area contributed by atoms with Crippen LogP contribution in [-0.4, -0.2) is 11.9 Å². The molecular weight excluding hydrogens is 198 g/mol. The van der Waals surface area contributed by atoms with Crippen molar-refractivity contribution < 1.29 is 0 Å². The second-order valence-corrected chi connectivity index (χ2v) is 3.89. The lowest BCUT2D eigenvalue weighted by atomic mass is 10.3. The molecule has 5 nitrogen and oxygen atoms in total. The normalized spacial score (nSPS) is 9.50. The Balaban J connectivity index is 2.38. The molecule has 0 unspecified atom stereocenters. The third-order valence-electron chi connectivity index (χ3n) is 1.68. The van der Waals surface area contributed by atoms with E-state index in [1.165, 1.54) is 4.88 Å². The van der Waals surface area contributed by atoms with Crippen molar-refractivity contribution in [1.82, 2.24) is 10.6 Å². The van der Waals surface area contributed by atoms with Gasteiger partial charge in [-0.15, -0.1) is 11.3 Å². The van der Waals surface area contributed by atoms with Crippen molar-refractivity contribution in [3.63, 3.8) is 0 Å². The Morgan fingerprint density at radius 2 is 2.29 bits per heavy atom. The number of nitrogens with two attached hydrogens (primary N) is 1. The largest absolute Gasteiger partial charge is 0.370 e. The molecule has 1 aromatic heterocycles. The Bertz CT molecular complexity index is 343. The fourth-order valence-corrected chi connectivity index (χ4v) is 1.69. The van der Waals surface area contributed by atoms with E-state index in [9.17, 15) is 0 Å². The van der Waals surface area contributed by atoms with Gasteiger partial charge in [0.1, 0.15) is 0 Å². The van der Waals surface area contributed by atoms with E-state index in [1.54, 1.807) is 11.3 Å². The van der Waals surface area contributed by atoms with Crippen molar-refractivity contribution >= 4 is 23.3 Å². The molecule has 1 rings (SSSR count). The molecule has 6 N–H and O–H groups in total. The fraction of sp³-hybridized carbons (Fsp3) is 0.250. The smallest absolute Gasteiger partial charge is 0.195 e. The minimum absolute atomic E-state index is 0.0445. The molecule has 0 aliphatic heterocycles. The minimum Gasteiger partial charge on any atom is -0.370 e. The highest BCUT2D eigenvalue weighted by Crippen LogP contribution is 2.14. The zero-order valence-corrected chi connectivity index (χ0v) is 8.66. The summed E-state index contributed by atoms with van der Waals surface area (Å²) in [5.74, 6) is -0.187. The molecule has 1 aromatic rings. The first-order valence-electron chi connectivity index (χ1n) is 4.06. The molecule has 0 atom stereocenters. The second kappa shape index (κ2) is 4.61. The average Bonchev–Trinajstić information content (AvgIpc) is 2.46. The highest BCUT2D eigenvalue weighted by Gasteiger charge is 2.00. The monoisotopic (exact) mass is 211 g/mol. The predicted molar refractivity (Wildman–Crippen MR) is 58.7 cm³/mol. The quantitative estimate of drug-likeness (QED) is 0.365. The van der Waals surface area contributed by atoms with Crippen LogP contribution >= 0.6 is 11.3 Å². The molecule has 0 saturated heterocycles. The first-order valence-corrected chi connectivity index (χ1v) is 4.94. The van der Waals surface area contributed by atoms with Gasteiger partial charge < -0.3 is 11.1 Å². The molecule has 0 aliphatic rings. The lowest BCUT2D eigenvalue weighted by molar-refractivity contribution is 0.875. The van der Waals surface area contributed by atoms with Crippen LogP contribution in [0.5, 0.6) is 0 Å². The molecule has 14 heavy (non-hydrogen) atoms. The standard InChI is InChI=1S/C8H13N5S/c1-5-6(2-3-14-5)4-12-8(11)13-7(9)10/h2-3H,4H2,1H3,(H6,9,10,11,12,13). The van der Waals surface area contributed by atoms with Gasteiger partial charge in [0.25, 0.3) is 0 Å². The maximum absolute atomic E-state index is 7.35. The number of thiophene rings is 1. The van der Waals surface area contributed by atoms with Crippen LogP contribution in [0.25, 0.3) is 0 Å². The van der Waals surface area contributed by atoms with Crippen molar-refractivity contribution in [2.24, 2.45) is 5.73 Å². The molecule has 0 radical (unpaired) electrons. The average molecular weight is 211 g/mol. The van der Waals surface area contributed by atoms with Crippen molar-refractivity contribution in [3.05, 3.63) is 21.9 Å². The molecule has 6 heteroatoms. The van der Waals surface area contributed by atoms with Crippen LogP contribution < -0.4 is 16.4 Å². The summed E-state index contributed by atoms with van der Waals surface area (Å²) in [6.45, 7) is 2.61. The molecule has 0 amide bonds. The van der Waals surface area contributed by atoms with E-state index in [-0.39, 0.29) is 11.9 Å². The van der Waals surface area contributed by atoms with Crippen molar-refractivity contribution in [2.45, 2.75) is 13.5 Å². The van der Waals surface area contributed by atoms with E-state index in [0.717, 1.165) is 5.56 Å². The molecule has 1 heterocycles. The molecule has 0 aromatic carbocycles. The van der Waals surface area contributed by atoms with Gasteiger partial charge in [0, 0.05) is 11.4 Å². The van der Waals surface area contributed by atoms with Gasteiger partial charge in [-0.2, -0.15) is 0 Å². The number of rotatable bonds is 2. The summed E-state index contributed by atoms with van der Waals surface area (Å²) in [5, 5.41) is 21.4. The third-order valence-corrected chi connectivity index (χ3v) is 2.57. The summed E-state index contributed by atoms with van der Waals surface area (Å²) in [6.07, 6.45) is 0. The summed E-state index contributed by atoms with van der Waals surface area (Å²) in [7, 11) is 0. The second-order valence-electron chi connectivity index (χ2n) is 2.77. The summed E-state index contributed by atoms with van der Waals surface area (Å²) in [4.78, 5) is 1.23. The van der Waals surface area contributed by atoms with Crippen LogP contribution in [0.3, 0.4) is 0 Å². The van der Waals surface area contributed by atoms with Crippen molar-refractivity contribution in [1.29, 1.82) is 10.8 Å². The number of guanidine groups is 2. The third kappa shape index (κ3) is 3.06. The summed E-state index contributed by atoms with van der Waals surface area (Å²) in [5.41, 5.74) is 6.22. The lowest BCUT2D eigenvalue weighted by Crippen LogP contribution is -2.42. The molecular formula is C8H13N5S. The molecule has 0 spiro atoms. The predicted octanol–water partition coefficient (Wildman–Crippen LogP) is 0.564. The Kier molecular flexibility index (Phi) is 3.47. The zero-order valence-electron chi connectivity index (χ0n) is 7.85. The lowest BCUT2D eigenvalue weighted by Gasteiger charge is -2.08. The van der Waals surface area contributed by atoms with Gasteiger partial charge >= 0.3 is 0 Å². The SMILES string of the molecule is Cc1sccc1CNC(=N)NC(=N)N. The molecule has 0 bridgehead atoms. The molecule has 0 fully saturated rings. The molecule has 0 saturated carbocycles. The van der Waals surface area contributed by atoms with Crippen molar-refractivity contribution in [3.8, 4) is 0 Å². The van der Waals surface area contributed by atoms with Gasteiger partial charge in [0.05, 0.1) is 0 Å². The van der Waals surface area contributed by atoms with Crippen LogP contribution in [0.2, 0.25) is 0 Å². The highest BCUT2D eigenvalue weighted by atomic mass is 32.1. The first kappa shape index (κ1) is 10.5. The van der Waals surface area contributed by atoms with Crippen LogP contribution in [0, 0.1) is 17.7 Å². The number of hydrogen-bond donors (Lipinski definition) is 5. The Morgan fingerprint density at radius 1 is 1.57 bits per heavy atom. The van der Waals surface area contributed by atoms with Gasteiger partial charge in [-0.3, -0.25) is 16.1 Å². The van der Waals surface area contributed by atoms with Gasteiger partial charge in [-0.05, 0) is 23.9 Å². The van der Waals surface area contributed by atoms with E-state index < -0.39 is 0 Å². The minimum atomic E-state index is -0.232. The Morgan fingerprint density at radius 3 is 2.79 bits per heavy atom. The summed E-state index contributed by atoms with van der Waals surface area (Å²) < 4.78 is 0. The summed E-state index contributed by atoms with van der Waals surface area (Å²) >= 11 is 1.67. The van der Waals surface area contributed by atoms with Gasteiger partial charge in [0.2, 0.25) is 0 Å². The van der Waals surface area contributed by atoms with Crippen LogP contribution in [-0.2, 0) is 6.54 Å². The van der Waals surface area contributed by atoms with Crippen LogP contribution in [0.4, 0.5) is 0 Å². The van der Waals surface area contributed by atoms with Crippen LogP contribution in [0.15, 0.2) is 11.4 Å². The Hall–Kier alpha value is -1.56. The maximum Gasteiger partial charge on any atom is 0.195 e. The van der Waals surface area contributed by atoms with E-state index in [1.807, 2.05) is 18.4 Å². The van der Waals surface area contributed by atoms with Gasteiger partial charge in [-0.25, -0.2) is 0 Å². The zero-order chi connectivity index (χ0) is 10.6. The number of aryl methyl sites for hydroxylation is 1. The topological polar surface area (TPSA) is 97.8 Å². The van der Waals surface area contributed by atoms with Crippen molar-refractivity contribution in [2.75, 3.05) is 0 Å². The summed E-state index contributed by atoms with van der Waals surface area (Å²) in [6, 6.07) is 2.01. The Labute approximate surface area is 86.3 Å². The van der Waals surface area contributed by atoms with Gasteiger partial charge in [-0.1, -0.05) is 0 Å². The maximum atomic E-state index is 7.35. The van der Waals surface area contributed by atoms with E-state index >= 15 is 0 Å².